The Labute approximate surface area is 150 Å². The normalized spacial score (nSPS) is 25.5. The number of allylic oxidation sites excluding steroid dienone is 1. The predicted molar refractivity (Wildman–Crippen MR) is 104 cm³/mol. The van der Waals surface area contributed by atoms with E-state index in [1.54, 1.807) is 0 Å². The van der Waals surface area contributed by atoms with Crippen LogP contribution in [0.15, 0.2) is 11.2 Å². The first-order chi connectivity index (χ1) is 10.9. The van der Waals surface area contributed by atoms with E-state index in [2.05, 4.69) is 60.6 Å². The molecule has 0 radical (unpaired) electrons. The van der Waals surface area contributed by atoms with Crippen LogP contribution in [0.25, 0.3) is 0 Å². The SMILES string of the molecule is CC(C)O[Si](C)(C)/C(=C\B1OC(C)(C)C(C)(C)O1)C1CCCCC1. The molecule has 0 atom stereocenters. The largest absolute Gasteiger partial charge is 0.486 e. The van der Waals surface area contributed by atoms with Gasteiger partial charge in [0.25, 0.3) is 0 Å². The molecule has 5 heteroatoms. The van der Waals surface area contributed by atoms with Crippen molar-refractivity contribution in [3.05, 3.63) is 11.2 Å². The molecule has 1 aliphatic carbocycles. The summed E-state index contributed by atoms with van der Waals surface area (Å²) in [5.74, 6) is 2.92. The second-order valence-corrected chi connectivity index (χ2v) is 13.1. The monoisotopic (exact) mass is 352 g/mol. The van der Waals surface area contributed by atoms with Crippen molar-refractivity contribution < 1.29 is 13.7 Å². The molecule has 2 fully saturated rings. The zero-order valence-corrected chi connectivity index (χ0v) is 18.1. The third kappa shape index (κ3) is 4.54. The average molecular weight is 352 g/mol. The number of rotatable bonds is 5. The van der Waals surface area contributed by atoms with Crippen molar-refractivity contribution in [3.8, 4) is 0 Å². The molecule has 1 aliphatic heterocycles. The molecule has 138 valence electrons. The Hall–Kier alpha value is -0.0982. The van der Waals surface area contributed by atoms with Crippen LogP contribution in [-0.2, 0) is 13.7 Å². The van der Waals surface area contributed by atoms with E-state index in [1.807, 2.05) is 0 Å². The average Bonchev–Trinajstić information content (AvgIpc) is 2.63. The van der Waals surface area contributed by atoms with E-state index in [9.17, 15) is 0 Å². The summed E-state index contributed by atoms with van der Waals surface area (Å²) in [6, 6.07) is 0. The number of hydrogen-bond acceptors (Lipinski definition) is 3. The van der Waals surface area contributed by atoms with Gasteiger partial charge in [0.05, 0.1) is 11.2 Å². The fourth-order valence-electron chi connectivity index (χ4n) is 4.00. The zero-order valence-electron chi connectivity index (χ0n) is 17.1. The van der Waals surface area contributed by atoms with E-state index in [4.69, 9.17) is 13.7 Å². The van der Waals surface area contributed by atoms with Crippen LogP contribution in [-0.4, -0.2) is 32.7 Å². The molecule has 0 N–H and O–H groups in total. The molecule has 24 heavy (non-hydrogen) atoms. The van der Waals surface area contributed by atoms with Crippen LogP contribution in [0.3, 0.4) is 0 Å². The molecule has 0 spiro atoms. The van der Waals surface area contributed by atoms with Crippen LogP contribution in [0.5, 0.6) is 0 Å². The zero-order chi connectivity index (χ0) is 18.2. The van der Waals surface area contributed by atoms with Crippen molar-refractivity contribution in [3.63, 3.8) is 0 Å². The standard InChI is InChI=1S/C19H37BO3Si/c1-15(2)21-24(7,8)17(16-12-10-9-11-13-16)14-20-22-18(3,4)19(5,6)23-20/h14-16H,9-13H2,1-8H3/b17-14-. The third-order valence-corrected chi connectivity index (χ3v) is 8.88. The summed E-state index contributed by atoms with van der Waals surface area (Å²) in [5, 5.41) is 1.49. The topological polar surface area (TPSA) is 27.7 Å². The van der Waals surface area contributed by atoms with Gasteiger partial charge in [-0.25, -0.2) is 0 Å². The first-order valence-corrected chi connectivity index (χ1v) is 12.6. The molecule has 1 heterocycles. The Morgan fingerprint density at radius 2 is 1.54 bits per heavy atom. The van der Waals surface area contributed by atoms with Crippen molar-refractivity contribution in [1.82, 2.24) is 0 Å². The summed E-state index contributed by atoms with van der Waals surface area (Å²) >= 11 is 0. The Morgan fingerprint density at radius 1 is 1.04 bits per heavy atom. The van der Waals surface area contributed by atoms with Crippen LogP contribution in [0.2, 0.25) is 13.1 Å². The van der Waals surface area contributed by atoms with Gasteiger partial charge in [-0.05, 0) is 73.4 Å². The summed E-state index contributed by atoms with van der Waals surface area (Å²) in [6.07, 6.45) is 6.85. The van der Waals surface area contributed by atoms with Gasteiger partial charge in [-0.15, -0.1) is 0 Å². The predicted octanol–water partition coefficient (Wildman–Crippen LogP) is 5.29. The second kappa shape index (κ2) is 7.26. The van der Waals surface area contributed by atoms with Gasteiger partial charge in [-0.1, -0.05) is 30.4 Å². The minimum absolute atomic E-state index is 0.255. The highest BCUT2D eigenvalue weighted by molar-refractivity contribution is 6.79. The highest BCUT2D eigenvalue weighted by Gasteiger charge is 2.51. The summed E-state index contributed by atoms with van der Waals surface area (Å²) in [4.78, 5) is 0. The first-order valence-electron chi connectivity index (χ1n) is 9.70. The second-order valence-electron chi connectivity index (χ2n) is 9.26. The molecular formula is C19H37BO3Si. The smallest absolute Gasteiger partial charge is 0.411 e. The molecule has 1 saturated carbocycles. The van der Waals surface area contributed by atoms with Crippen LogP contribution >= 0.6 is 0 Å². The van der Waals surface area contributed by atoms with Gasteiger partial charge in [0.2, 0.25) is 8.32 Å². The van der Waals surface area contributed by atoms with E-state index in [1.165, 1.54) is 37.3 Å². The van der Waals surface area contributed by atoms with Crippen LogP contribution in [0.4, 0.5) is 0 Å². The van der Waals surface area contributed by atoms with Gasteiger partial charge < -0.3 is 13.7 Å². The van der Waals surface area contributed by atoms with Gasteiger partial charge in [0.1, 0.15) is 0 Å². The maximum atomic E-state index is 6.43. The fraction of sp³-hybridized carbons (Fsp3) is 0.895. The van der Waals surface area contributed by atoms with Crippen molar-refractivity contribution in [2.24, 2.45) is 5.92 Å². The van der Waals surface area contributed by atoms with Crippen LogP contribution in [0, 0.1) is 5.92 Å². The highest BCUT2D eigenvalue weighted by atomic mass is 28.4. The molecule has 0 aromatic heterocycles. The third-order valence-electron chi connectivity index (χ3n) is 5.86. The number of hydrogen-bond donors (Lipinski definition) is 0. The van der Waals surface area contributed by atoms with E-state index < -0.39 is 8.32 Å². The summed E-state index contributed by atoms with van der Waals surface area (Å²) < 4.78 is 18.9. The van der Waals surface area contributed by atoms with E-state index in [-0.39, 0.29) is 24.4 Å². The van der Waals surface area contributed by atoms with Gasteiger partial charge in [0, 0.05) is 6.10 Å². The molecule has 0 bridgehead atoms. The van der Waals surface area contributed by atoms with Crippen molar-refractivity contribution in [1.29, 1.82) is 0 Å². The lowest BCUT2D eigenvalue weighted by Crippen LogP contribution is -2.41. The van der Waals surface area contributed by atoms with Crippen LogP contribution in [0.1, 0.15) is 73.6 Å². The van der Waals surface area contributed by atoms with Crippen molar-refractivity contribution in [2.45, 2.75) is 104 Å². The van der Waals surface area contributed by atoms with Gasteiger partial charge in [-0.3, -0.25) is 0 Å². The summed E-state index contributed by atoms with van der Waals surface area (Å²) in [7, 11) is -2.20. The fourth-order valence-corrected chi connectivity index (χ4v) is 7.13. The van der Waals surface area contributed by atoms with Gasteiger partial charge in [-0.2, -0.15) is 0 Å². The quantitative estimate of drug-likeness (QED) is 0.629. The van der Waals surface area contributed by atoms with E-state index >= 15 is 0 Å². The molecule has 0 aromatic rings. The first kappa shape index (κ1) is 20.2. The molecule has 1 saturated heterocycles. The molecule has 0 aromatic carbocycles. The van der Waals surface area contributed by atoms with Crippen molar-refractivity contribution >= 4 is 15.4 Å². The lowest BCUT2D eigenvalue weighted by molar-refractivity contribution is 0.00578. The van der Waals surface area contributed by atoms with E-state index in [0.29, 0.717) is 5.92 Å². The Bertz CT molecular complexity index is 449. The lowest BCUT2D eigenvalue weighted by atomic mass is 9.83. The minimum Gasteiger partial charge on any atom is -0.411 e. The van der Waals surface area contributed by atoms with Gasteiger partial charge >= 0.3 is 7.12 Å². The van der Waals surface area contributed by atoms with Crippen molar-refractivity contribution in [2.75, 3.05) is 0 Å². The molecule has 0 unspecified atom stereocenters. The molecule has 0 amide bonds. The lowest BCUT2D eigenvalue weighted by Gasteiger charge is -2.35. The Balaban J connectivity index is 2.28. The Morgan fingerprint density at radius 3 is 2.00 bits per heavy atom. The van der Waals surface area contributed by atoms with Crippen LogP contribution < -0.4 is 0 Å². The molecular weight excluding hydrogens is 315 g/mol. The molecule has 2 aliphatic rings. The molecule has 2 rings (SSSR count). The summed E-state index contributed by atoms with van der Waals surface area (Å²) in [6.45, 7) is 17.4. The Kier molecular flexibility index (Phi) is 6.11. The minimum atomic E-state index is -1.94. The highest BCUT2D eigenvalue weighted by Crippen LogP contribution is 2.40. The molecule has 3 nitrogen and oxygen atoms in total. The van der Waals surface area contributed by atoms with Gasteiger partial charge in [0.15, 0.2) is 0 Å². The maximum Gasteiger partial charge on any atom is 0.486 e. The maximum absolute atomic E-state index is 6.43. The summed E-state index contributed by atoms with van der Waals surface area (Å²) in [5.41, 5.74) is -0.563. The van der Waals surface area contributed by atoms with E-state index in [0.717, 1.165) is 0 Å².